The first kappa shape index (κ1) is 14.4. The van der Waals surface area contributed by atoms with Crippen molar-refractivity contribution in [2.24, 2.45) is 0 Å². The van der Waals surface area contributed by atoms with Crippen LogP contribution in [0.3, 0.4) is 0 Å². The van der Waals surface area contributed by atoms with E-state index in [9.17, 15) is 18.4 Å². The summed E-state index contributed by atoms with van der Waals surface area (Å²) >= 11 is 0. The van der Waals surface area contributed by atoms with E-state index >= 15 is 0 Å². The minimum atomic E-state index is -4.08. The average Bonchev–Trinajstić information content (AvgIpc) is 2.65. The highest BCUT2D eigenvalue weighted by Gasteiger charge is 2.43. The van der Waals surface area contributed by atoms with Crippen LogP contribution in [-0.2, 0) is 10.0 Å². The van der Waals surface area contributed by atoms with E-state index in [0.29, 0.717) is 9.87 Å². The summed E-state index contributed by atoms with van der Waals surface area (Å²) in [6.07, 6.45) is 1.37. The number of carbonyl (C=O) groups is 1. The van der Waals surface area contributed by atoms with Crippen LogP contribution in [0, 0.1) is 12.1 Å². The normalized spacial score (nSPS) is 15.8. The lowest BCUT2D eigenvalue weighted by molar-refractivity contribution is 0.101. The standard InChI is InChI=1S/C13H10N3O5S/c1-8-6-11-12(14-7-8)22(20,21)15(13(11)17)9-2-4-10(5-3-9)16(18)19/h2-7,18H,1H3/q-1. The Kier molecular flexibility index (Phi) is 3.13. The van der Waals surface area contributed by atoms with E-state index in [1.165, 1.54) is 36.5 Å². The number of sulfonamides is 1. The van der Waals surface area contributed by atoms with Gasteiger partial charge in [0.05, 0.1) is 16.9 Å². The number of carbonyl (C=O) groups excluding carboxylic acids is 1. The maximum atomic E-state index is 12.4. The van der Waals surface area contributed by atoms with Crippen molar-refractivity contribution in [1.29, 1.82) is 0 Å². The van der Waals surface area contributed by atoms with Crippen molar-refractivity contribution in [2.75, 3.05) is 9.53 Å². The average molecular weight is 320 g/mol. The molecule has 1 aliphatic heterocycles. The first-order valence-electron chi connectivity index (χ1n) is 6.15. The number of nitrogens with zero attached hydrogens (tertiary/aromatic N) is 3. The Morgan fingerprint density at radius 1 is 1.27 bits per heavy atom. The van der Waals surface area contributed by atoms with Gasteiger partial charge in [-0.2, -0.15) is 12.7 Å². The van der Waals surface area contributed by atoms with Crippen LogP contribution in [0.2, 0.25) is 0 Å². The molecule has 1 amide bonds. The van der Waals surface area contributed by atoms with Crippen LogP contribution in [-0.4, -0.2) is 24.5 Å². The zero-order valence-corrected chi connectivity index (χ0v) is 12.1. The summed E-state index contributed by atoms with van der Waals surface area (Å²) in [6.45, 7) is 1.70. The third-order valence-electron chi connectivity index (χ3n) is 3.19. The van der Waals surface area contributed by atoms with Crippen LogP contribution in [0.4, 0.5) is 11.4 Å². The van der Waals surface area contributed by atoms with Crippen molar-refractivity contribution in [3.63, 3.8) is 0 Å². The molecule has 8 nitrogen and oxygen atoms in total. The molecule has 0 atom stereocenters. The molecule has 0 saturated carbocycles. The fourth-order valence-corrected chi connectivity index (χ4v) is 3.69. The van der Waals surface area contributed by atoms with Gasteiger partial charge in [0.15, 0.2) is 5.03 Å². The number of hydrogen-bond acceptors (Lipinski definition) is 7. The van der Waals surface area contributed by atoms with E-state index in [2.05, 4.69) is 4.98 Å². The van der Waals surface area contributed by atoms with Gasteiger partial charge in [-0.3, -0.25) is 10.0 Å². The minimum Gasteiger partial charge on any atom is -0.733 e. The summed E-state index contributed by atoms with van der Waals surface area (Å²) in [4.78, 5) is 16.2. The number of fused-ring (bicyclic) bond motifs is 1. The predicted octanol–water partition coefficient (Wildman–Crippen LogP) is 1.43. The van der Waals surface area contributed by atoms with Crippen LogP contribution in [0.5, 0.6) is 0 Å². The monoisotopic (exact) mass is 320 g/mol. The molecule has 0 unspecified atom stereocenters. The zero-order valence-electron chi connectivity index (χ0n) is 11.3. The number of pyridine rings is 1. The van der Waals surface area contributed by atoms with E-state index in [1.54, 1.807) is 6.92 Å². The number of anilines is 2. The van der Waals surface area contributed by atoms with E-state index in [0.717, 1.165) is 0 Å². The summed E-state index contributed by atoms with van der Waals surface area (Å²) in [5.74, 6) is -0.707. The number of rotatable bonds is 2. The third-order valence-corrected chi connectivity index (χ3v) is 4.86. The molecule has 0 bridgehead atoms. The van der Waals surface area contributed by atoms with Gasteiger partial charge in [-0.15, -0.1) is 0 Å². The predicted molar refractivity (Wildman–Crippen MR) is 77.0 cm³/mol. The largest absolute Gasteiger partial charge is 0.733 e. The van der Waals surface area contributed by atoms with Gasteiger partial charge in [0.2, 0.25) is 0 Å². The Bertz CT molecular complexity index is 862. The smallest absolute Gasteiger partial charge is 0.289 e. The van der Waals surface area contributed by atoms with Crippen molar-refractivity contribution < 1.29 is 18.4 Å². The molecule has 0 aliphatic carbocycles. The number of amides is 1. The number of aromatic nitrogens is 1. The summed E-state index contributed by atoms with van der Waals surface area (Å²) in [5.41, 5.74) is 0.656. The van der Waals surface area contributed by atoms with Gasteiger partial charge in [0.1, 0.15) is 0 Å². The SMILES string of the molecule is Cc1cnc2c(c1)C(=O)N(c1ccc(N([O-])O)cc1)S2(=O)=O. The fourth-order valence-electron chi connectivity index (χ4n) is 2.19. The first-order chi connectivity index (χ1) is 10.3. The Morgan fingerprint density at radius 3 is 2.50 bits per heavy atom. The Balaban J connectivity index is 2.11. The van der Waals surface area contributed by atoms with Crippen LogP contribution in [0.25, 0.3) is 0 Å². The molecule has 9 heteroatoms. The van der Waals surface area contributed by atoms with E-state index in [4.69, 9.17) is 5.21 Å². The molecule has 0 spiro atoms. The highest BCUT2D eigenvalue weighted by Crippen LogP contribution is 2.34. The lowest BCUT2D eigenvalue weighted by Gasteiger charge is -2.22. The van der Waals surface area contributed by atoms with Gasteiger partial charge in [-0.25, -0.2) is 4.98 Å². The van der Waals surface area contributed by atoms with E-state index in [-0.39, 0.29) is 27.2 Å². The molecule has 2 heterocycles. The van der Waals surface area contributed by atoms with Crippen molar-refractivity contribution in [1.82, 2.24) is 4.98 Å². The lowest BCUT2D eigenvalue weighted by Crippen LogP contribution is -2.29. The molecule has 1 N–H and O–H groups in total. The summed E-state index contributed by atoms with van der Waals surface area (Å²) in [5, 5.41) is 18.9. The maximum Gasteiger partial charge on any atom is 0.289 e. The molecule has 22 heavy (non-hydrogen) atoms. The molecule has 0 saturated heterocycles. The second kappa shape index (κ2) is 4.77. The molecule has 1 aliphatic rings. The first-order valence-corrected chi connectivity index (χ1v) is 7.59. The number of hydrogen-bond donors (Lipinski definition) is 1. The van der Waals surface area contributed by atoms with Crippen LogP contribution in [0.15, 0.2) is 41.6 Å². The summed E-state index contributed by atoms with van der Waals surface area (Å²) in [6, 6.07) is 6.37. The number of aryl methyl sites for hydroxylation is 1. The van der Waals surface area contributed by atoms with E-state index in [1.807, 2.05) is 0 Å². The molecular weight excluding hydrogens is 310 g/mol. The topological polar surface area (TPSA) is 114 Å². The second-order valence-corrected chi connectivity index (χ2v) is 6.43. The van der Waals surface area contributed by atoms with Crippen molar-refractivity contribution >= 4 is 27.3 Å². The molecule has 114 valence electrons. The summed E-state index contributed by atoms with van der Waals surface area (Å²) < 4.78 is 25.5. The van der Waals surface area contributed by atoms with Gasteiger partial charge in [-0.05, 0) is 42.8 Å². The van der Waals surface area contributed by atoms with Crippen LogP contribution >= 0.6 is 0 Å². The van der Waals surface area contributed by atoms with Crippen molar-refractivity contribution in [2.45, 2.75) is 11.9 Å². The fraction of sp³-hybridized carbons (Fsp3) is 0.0769. The molecule has 0 fully saturated rings. The Morgan fingerprint density at radius 2 is 1.91 bits per heavy atom. The number of benzene rings is 1. The highest BCUT2D eigenvalue weighted by atomic mass is 32.2. The van der Waals surface area contributed by atoms with Gasteiger partial charge in [0.25, 0.3) is 15.9 Å². The molecular formula is C13H10N3O5S-. The quantitative estimate of drug-likeness (QED) is 0.832. The third kappa shape index (κ3) is 2.03. The molecule has 2 aromatic rings. The highest BCUT2D eigenvalue weighted by molar-refractivity contribution is 7.94. The van der Waals surface area contributed by atoms with Crippen LogP contribution < -0.4 is 9.53 Å². The molecule has 1 aromatic carbocycles. The van der Waals surface area contributed by atoms with Crippen molar-refractivity contribution in [3.05, 3.63) is 52.9 Å². The van der Waals surface area contributed by atoms with Gasteiger partial charge < -0.3 is 10.4 Å². The second-order valence-electron chi connectivity index (χ2n) is 4.73. The van der Waals surface area contributed by atoms with Crippen LogP contribution in [0.1, 0.15) is 15.9 Å². The minimum absolute atomic E-state index is 0.0108. The zero-order chi connectivity index (χ0) is 16.1. The van der Waals surface area contributed by atoms with Gasteiger partial charge in [0, 0.05) is 6.20 Å². The van der Waals surface area contributed by atoms with Crippen molar-refractivity contribution in [3.8, 4) is 0 Å². The molecule has 3 rings (SSSR count). The molecule has 0 radical (unpaired) electrons. The summed E-state index contributed by atoms with van der Waals surface area (Å²) in [7, 11) is -4.08. The maximum absolute atomic E-state index is 12.4. The lowest BCUT2D eigenvalue weighted by atomic mass is 10.2. The Labute approximate surface area is 125 Å². The van der Waals surface area contributed by atoms with E-state index < -0.39 is 15.9 Å². The van der Waals surface area contributed by atoms with Gasteiger partial charge >= 0.3 is 0 Å². The Hall–Kier alpha value is -2.49. The molecule has 1 aromatic heterocycles. The van der Waals surface area contributed by atoms with Gasteiger partial charge in [-0.1, -0.05) is 0 Å².